The molecule has 2 heterocycles. The lowest BCUT2D eigenvalue weighted by Crippen LogP contribution is -2.15. The Labute approximate surface area is 119 Å². The Kier molecular flexibility index (Phi) is 3.07. The monoisotopic (exact) mass is 286 g/mol. The number of nitrogen functional groups attached to an aromatic ring is 1. The van der Waals surface area contributed by atoms with E-state index in [1.54, 1.807) is 6.07 Å². The van der Waals surface area contributed by atoms with Crippen molar-refractivity contribution in [2.45, 2.75) is 12.5 Å². The molecule has 2 aromatic heterocycles. The Morgan fingerprint density at radius 1 is 1.19 bits per heavy atom. The van der Waals surface area contributed by atoms with E-state index >= 15 is 0 Å². The molecule has 0 bridgehead atoms. The molecule has 3 aromatic rings. The van der Waals surface area contributed by atoms with Crippen LogP contribution in [0.2, 0.25) is 0 Å². The van der Waals surface area contributed by atoms with E-state index in [9.17, 15) is 10.2 Å². The second-order valence-corrected chi connectivity index (χ2v) is 4.71. The molecule has 0 spiro atoms. The summed E-state index contributed by atoms with van der Waals surface area (Å²) in [5.41, 5.74) is 13.6. The van der Waals surface area contributed by atoms with E-state index in [1.807, 2.05) is 0 Å². The highest BCUT2D eigenvalue weighted by atomic mass is 16.3. The molecule has 0 amide bonds. The fourth-order valence-corrected chi connectivity index (χ4v) is 2.09. The Bertz CT molecular complexity index is 800. The zero-order valence-corrected chi connectivity index (χ0v) is 11.0. The first-order valence-corrected chi connectivity index (χ1v) is 6.27. The number of nitrogens with zero attached hydrogens (tertiary/aromatic N) is 3. The van der Waals surface area contributed by atoms with Gasteiger partial charge in [-0.05, 0) is 24.1 Å². The summed E-state index contributed by atoms with van der Waals surface area (Å²) >= 11 is 0. The average Bonchev–Trinajstić information content (AvgIpc) is 2.89. The molecule has 1 aromatic carbocycles. The molecule has 0 radical (unpaired) electrons. The third-order valence-corrected chi connectivity index (χ3v) is 3.18. The Balaban J connectivity index is 1.87. The highest BCUT2D eigenvalue weighted by Crippen LogP contribution is 2.27. The van der Waals surface area contributed by atoms with Crippen molar-refractivity contribution in [3.8, 4) is 11.5 Å². The number of H-pyrrole nitrogens is 1. The average molecular weight is 286 g/mol. The van der Waals surface area contributed by atoms with Crippen LogP contribution in [0.15, 0.2) is 24.5 Å². The van der Waals surface area contributed by atoms with Crippen molar-refractivity contribution in [1.82, 2.24) is 19.9 Å². The van der Waals surface area contributed by atoms with Crippen molar-refractivity contribution in [1.29, 1.82) is 0 Å². The molecule has 21 heavy (non-hydrogen) atoms. The molecule has 8 nitrogen and oxygen atoms in total. The number of hydrogen-bond acceptors (Lipinski definition) is 7. The number of benzene rings is 1. The van der Waals surface area contributed by atoms with E-state index in [2.05, 4.69) is 19.9 Å². The summed E-state index contributed by atoms with van der Waals surface area (Å²) in [5.74, 6) is 0.497. The summed E-state index contributed by atoms with van der Waals surface area (Å²) in [6, 6.07) is 4.14. The van der Waals surface area contributed by atoms with Gasteiger partial charge in [-0.3, -0.25) is 0 Å². The van der Waals surface area contributed by atoms with Gasteiger partial charge in [0.25, 0.3) is 0 Å². The number of aromatic hydroxyl groups is 2. The van der Waals surface area contributed by atoms with Crippen molar-refractivity contribution in [2.24, 2.45) is 5.73 Å². The number of rotatable bonds is 3. The largest absolute Gasteiger partial charge is 0.504 e. The Morgan fingerprint density at radius 2 is 2.00 bits per heavy atom. The summed E-state index contributed by atoms with van der Waals surface area (Å²) in [5, 5.41) is 18.8. The summed E-state index contributed by atoms with van der Waals surface area (Å²) in [4.78, 5) is 15.2. The van der Waals surface area contributed by atoms with Crippen LogP contribution in [-0.2, 0) is 6.42 Å². The van der Waals surface area contributed by atoms with E-state index in [1.165, 1.54) is 18.5 Å². The van der Waals surface area contributed by atoms with Crippen LogP contribution in [0.3, 0.4) is 0 Å². The number of anilines is 1. The molecular weight excluding hydrogens is 272 g/mol. The van der Waals surface area contributed by atoms with Gasteiger partial charge in [-0.25, -0.2) is 15.0 Å². The van der Waals surface area contributed by atoms with E-state index in [0.717, 1.165) is 5.56 Å². The molecule has 0 aliphatic heterocycles. The second kappa shape index (κ2) is 4.91. The van der Waals surface area contributed by atoms with Crippen molar-refractivity contribution in [2.75, 3.05) is 5.73 Å². The molecule has 7 N–H and O–H groups in total. The van der Waals surface area contributed by atoms with E-state index < -0.39 is 6.04 Å². The number of imidazole rings is 1. The van der Waals surface area contributed by atoms with Crippen molar-refractivity contribution >= 4 is 17.0 Å². The predicted octanol–water partition coefficient (Wildman–Crippen LogP) is 0.589. The van der Waals surface area contributed by atoms with E-state index in [4.69, 9.17) is 11.5 Å². The normalized spacial score (nSPS) is 12.6. The molecular formula is C13H14N6O2. The van der Waals surface area contributed by atoms with Crippen molar-refractivity contribution < 1.29 is 10.2 Å². The first kappa shape index (κ1) is 13.1. The van der Waals surface area contributed by atoms with Gasteiger partial charge in [0.2, 0.25) is 0 Å². The molecule has 0 fully saturated rings. The molecule has 1 atom stereocenters. The van der Waals surface area contributed by atoms with Gasteiger partial charge in [-0.2, -0.15) is 0 Å². The summed E-state index contributed by atoms with van der Waals surface area (Å²) in [6.07, 6.45) is 1.77. The van der Waals surface area contributed by atoms with E-state index in [0.29, 0.717) is 29.2 Å². The number of phenolic OH excluding ortho intramolecular Hbond substituents is 2. The zero-order valence-electron chi connectivity index (χ0n) is 11.0. The summed E-state index contributed by atoms with van der Waals surface area (Å²) in [6.45, 7) is 0. The third-order valence-electron chi connectivity index (χ3n) is 3.18. The second-order valence-electron chi connectivity index (χ2n) is 4.71. The predicted molar refractivity (Wildman–Crippen MR) is 76.5 cm³/mol. The zero-order chi connectivity index (χ0) is 15.0. The maximum atomic E-state index is 9.49. The van der Waals surface area contributed by atoms with Crippen molar-refractivity contribution in [3.63, 3.8) is 0 Å². The van der Waals surface area contributed by atoms with E-state index in [-0.39, 0.29) is 11.5 Å². The number of fused-ring (bicyclic) bond motifs is 1. The SMILES string of the molecule is Nc1ncnc2nc(C(N)Cc3ccc(O)c(O)c3)[nH]c12. The quantitative estimate of drug-likeness (QED) is 0.442. The standard InChI is InChI=1S/C13H14N6O2/c14-7(3-6-1-2-8(20)9(21)4-6)12-18-10-11(15)16-5-17-13(10)19-12/h1-2,4-5,7,20-21H,3,14H2,(H3,15,16,17,18,19). The molecule has 3 rings (SSSR count). The van der Waals surface area contributed by atoms with Crippen LogP contribution in [0.25, 0.3) is 11.2 Å². The minimum Gasteiger partial charge on any atom is -0.504 e. The van der Waals surface area contributed by atoms with Gasteiger partial charge >= 0.3 is 0 Å². The van der Waals surface area contributed by atoms with Gasteiger partial charge in [-0.1, -0.05) is 6.07 Å². The molecule has 0 saturated heterocycles. The smallest absolute Gasteiger partial charge is 0.183 e. The number of nitrogens with one attached hydrogen (secondary N) is 1. The van der Waals surface area contributed by atoms with Crippen LogP contribution in [0.4, 0.5) is 5.82 Å². The molecule has 108 valence electrons. The summed E-state index contributed by atoms with van der Waals surface area (Å²) < 4.78 is 0. The fraction of sp³-hybridized carbons (Fsp3) is 0.154. The third kappa shape index (κ3) is 2.43. The topological polar surface area (TPSA) is 147 Å². The minimum absolute atomic E-state index is 0.167. The minimum atomic E-state index is -0.428. The number of aromatic amines is 1. The van der Waals surface area contributed by atoms with Crippen LogP contribution < -0.4 is 11.5 Å². The molecule has 8 heteroatoms. The van der Waals surface area contributed by atoms with Crippen LogP contribution >= 0.6 is 0 Å². The number of phenols is 2. The number of hydrogen-bond donors (Lipinski definition) is 5. The molecule has 0 aliphatic rings. The van der Waals surface area contributed by atoms with Crippen LogP contribution in [0.5, 0.6) is 11.5 Å². The first-order valence-electron chi connectivity index (χ1n) is 6.27. The van der Waals surface area contributed by atoms with Crippen LogP contribution in [0, 0.1) is 0 Å². The molecule has 0 aliphatic carbocycles. The molecule has 1 unspecified atom stereocenters. The highest BCUT2D eigenvalue weighted by molar-refractivity contribution is 5.81. The highest BCUT2D eigenvalue weighted by Gasteiger charge is 2.15. The lowest BCUT2D eigenvalue weighted by molar-refractivity contribution is 0.403. The lowest BCUT2D eigenvalue weighted by Gasteiger charge is -2.09. The molecule has 0 saturated carbocycles. The Morgan fingerprint density at radius 3 is 2.71 bits per heavy atom. The van der Waals surface area contributed by atoms with Gasteiger partial charge in [0, 0.05) is 0 Å². The van der Waals surface area contributed by atoms with Gasteiger partial charge < -0.3 is 26.7 Å². The number of nitrogens with two attached hydrogens (primary N) is 2. The van der Waals surface area contributed by atoms with Gasteiger partial charge in [0.05, 0.1) is 6.04 Å². The van der Waals surface area contributed by atoms with Gasteiger partial charge in [0.1, 0.15) is 17.7 Å². The summed E-state index contributed by atoms with van der Waals surface area (Å²) in [7, 11) is 0. The Hall–Kier alpha value is -2.87. The van der Waals surface area contributed by atoms with Crippen LogP contribution in [-0.4, -0.2) is 30.1 Å². The maximum absolute atomic E-state index is 9.49. The fourth-order valence-electron chi connectivity index (χ4n) is 2.09. The maximum Gasteiger partial charge on any atom is 0.183 e. The lowest BCUT2D eigenvalue weighted by atomic mass is 10.1. The number of aromatic nitrogens is 4. The van der Waals surface area contributed by atoms with Gasteiger partial charge in [0.15, 0.2) is 23.0 Å². The van der Waals surface area contributed by atoms with Crippen LogP contribution in [0.1, 0.15) is 17.4 Å². The first-order chi connectivity index (χ1) is 10.0. The van der Waals surface area contributed by atoms with Crippen molar-refractivity contribution in [3.05, 3.63) is 35.9 Å². The van der Waals surface area contributed by atoms with Gasteiger partial charge in [-0.15, -0.1) is 0 Å².